The number of hydrogen-bond acceptors (Lipinski definition) is 7. The number of amides is 1. The van der Waals surface area contributed by atoms with Crippen molar-refractivity contribution in [2.24, 2.45) is 0 Å². The summed E-state index contributed by atoms with van der Waals surface area (Å²) in [6.07, 6.45) is 0. The van der Waals surface area contributed by atoms with Crippen LogP contribution in [0.2, 0.25) is 0 Å². The first-order valence-electron chi connectivity index (χ1n) is 5.58. The molecule has 0 aliphatic rings. The van der Waals surface area contributed by atoms with Crippen molar-refractivity contribution in [1.29, 1.82) is 0 Å². The first-order chi connectivity index (χ1) is 9.81. The molecule has 0 bridgehead atoms. The van der Waals surface area contributed by atoms with Gasteiger partial charge in [-0.3, -0.25) is 14.9 Å². The summed E-state index contributed by atoms with van der Waals surface area (Å²) in [7, 11) is 2.15. The minimum Gasteiger partial charge on any atom is -0.465 e. The second-order valence-electron chi connectivity index (χ2n) is 3.84. The fourth-order valence-electron chi connectivity index (χ4n) is 1.59. The van der Waals surface area contributed by atoms with Crippen molar-refractivity contribution in [3.05, 3.63) is 33.4 Å². The predicted octanol–water partition coefficient (Wildman–Crippen LogP) is 1.13. The summed E-state index contributed by atoms with van der Waals surface area (Å²) in [6, 6.07) is 1.85. The van der Waals surface area contributed by atoms with Gasteiger partial charge in [-0.15, -0.1) is 0 Å². The number of nitrogens with one attached hydrogen (secondary N) is 1. The molecule has 1 amide bonds. The van der Waals surface area contributed by atoms with E-state index in [0.717, 1.165) is 33.3 Å². The Bertz CT molecular complexity index is 624. The van der Waals surface area contributed by atoms with E-state index in [1.807, 2.05) is 0 Å². The lowest BCUT2D eigenvalue weighted by atomic mass is 10.0. The molecule has 21 heavy (non-hydrogen) atoms. The summed E-state index contributed by atoms with van der Waals surface area (Å²) < 4.78 is 8.97. The number of nitro benzene ring substituents is 1. The molecule has 112 valence electrons. The van der Waals surface area contributed by atoms with E-state index in [9.17, 15) is 24.5 Å². The van der Waals surface area contributed by atoms with Crippen molar-refractivity contribution >= 4 is 29.2 Å². The normalized spacial score (nSPS) is 9.67. The van der Waals surface area contributed by atoms with Crippen LogP contribution in [0.25, 0.3) is 0 Å². The second kappa shape index (κ2) is 6.46. The highest BCUT2D eigenvalue weighted by Crippen LogP contribution is 2.29. The van der Waals surface area contributed by atoms with E-state index >= 15 is 0 Å². The molecular weight excluding hydrogens is 284 g/mol. The second-order valence-corrected chi connectivity index (χ2v) is 3.84. The monoisotopic (exact) mass is 296 g/mol. The standard InChI is InChI=1S/C12H12N2O7/c1-6(15)13-9-4-7(11(16)20-2)8(12(17)21-3)5-10(9)14(18)19/h4-5H,1-3H3,(H,13,15). The Kier molecular flexibility index (Phi) is 4.95. The van der Waals surface area contributed by atoms with Crippen molar-refractivity contribution in [2.45, 2.75) is 6.92 Å². The smallest absolute Gasteiger partial charge is 0.338 e. The molecule has 0 saturated heterocycles. The van der Waals surface area contributed by atoms with E-state index in [-0.39, 0.29) is 16.8 Å². The number of nitrogens with zero attached hydrogens (tertiary/aromatic N) is 1. The van der Waals surface area contributed by atoms with Crippen molar-refractivity contribution in [3.8, 4) is 0 Å². The van der Waals surface area contributed by atoms with Crippen LogP contribution in [0.3, 0.4) is 0 Å². The third-order valence-electron chi connectivity index (χ3n) is 2.45. The maximum atomic E-state index is 11.7. The van der Waals surface area contributed by atoms with Crippen LogP contribution in [0.5, 0.6) is 0 Å². The summed E-state index contributed by atoms with van der Waals surface area (Å²) in [6.45, 7) is 1.15. The molecule has 0 aliphatic heterocycles. The molecule has 1 aromatic rings. The molecule has 0 atom stereocenters. The minimum absolute atomic E-state index is 0.222. The maximum Gasteiger partial charge on any atom is 0.338 e. The zero-order valence-electron chi connectivity index (χ0n) is 11.5. The summed E-state index contributed by atoms with van der Waals surface area (Å²) in [5.74, 6) is -2.40. The quantitative estimate of drug-likeness (QED) is 0.501. The van der Waals surface area contributed by atoms with Crippen LogP contribution in [0.1, 0.15) is 27.6 Å². The number of carbonyl (C=O) groups excluding carboxylic acids is 3. The molecule has 9 heteroatoms. The lowest BCUT2D eigenvalue weighted by Gasteiger charge is -2.10. The predicted molar refractivity (Wildman–Crippen MR) is 70.1 cm³/mol. The maximum absolute atomic E-state index is 11.7. The Hall–Kier alpha value is -2.97. The van der Waals surface area contributed by atoms with Crippen LogP contribution in [0.15, 0.2) is 12.1 Å². The van der Waals surface area contributed by atoms with Gasteiger partial charge in [0, 0.05) is 13.0 Å². The number of methoxy groups -OCH3 is 2. The average Bonchev–Trinajstić information content (AvgIpc) is 2.44. The molecule has 1 aromatic carbocycles. The van der Waals surface area contributed by atoms with Gasteiger partial charge in [0.25, 0.3) is 5.69 Å². The molecule has 0 unspecified atom stereocenters. The first-order valence-corrected chi connectivity index (χ1v) is 5.58. The van der Waals surface area contributed by atoms with Gasteiger partial charge in [-0.1, -0.05) is 0 Å². The minimum atomic E-state index is -0.937. The van der Waals surface area contributed by atoms with Gasteiger partial charge in [-0.25, -0.2) is 9.59 Å². The molecule has 0 aromatic heterocycles. The van der Waals surface area contributed by atoms with Gasteiger partial charge < -0.3 is 14.8 Å². The molecule has 0 aliphatic carbocycles. The number of anilines is 1. The molecule has 0 fully saturated rings. The average molecular weight is 296 g/mol. The van der Waals surface area contributed by atoms with Crippen molar-refractivity contribution in [1.82, 2.24) is 0 Å². The van der Waals surface area contributed by atoms with Gasteiger partial charge in [0.2, 0.25) is 5.91 Å². The van der Waals surface area contributed by atoms with Crippen molar-refractivity contribution in [2.75, 3.05) is 19.5 Å². The molecule has 9 nitrogen and oxygen atoms in total. The molecular formula is C12H12N2O7. The number of rotatable bonds is 4. The van der Waals surface area contributed by atoms with Crippen molar-refractivity contribution < 1.29 is 28.8 Å². The van der Waals surface area contributed by atoms with Crippen molar-refractivity contribution in [3.63, 3.8) is 0 Å². The Morgan fingerprint density at radius 1 is 1.10 bits per heavy atom. The molecule has 0 radical (unpaired) electrons. The van der Waals surface area contributed by atoms with Crippen LogP contribution in [-0.2, 0) is 14.3 Å². The van der Waals surface area contributed by atoms with E-state index < -0.39 is 28.5 Å². The van der Waals surface area contributed by atoms with Crippen LogP contribution in [0, 0.1) is 10.1 Å². The first kappa shape index (κ1) is 16.1. The molecule has 1 rings (SSSR count). The van der Waals surface area contributed by atoms with Gasteiger partial charge >= 0.3 is 11.9 Å². The number of nitro groups is 1. The highest BCUT2D eigenvalue weighted by atomic mass is 16.6. The number of benzene rings is 1. The third-order valence-corrected chi connectivity index (χ3v) is 2.45. The Labute approximate surface area is 119 Å². The third kappa shape index (κ3) is 3.53. The lowest BCUT2D eigenvalue weighted by molar-refractivity contribution is -0.384. The molecule has 0 heterocycles. The highest BCUT2D eigenvalue weighted by Gasteiger charge is 2.26. The largest absolute Gasteiger partial charge is 0.465 e. The van der Waals surface area contributed by atoms with E-state index in [4.69, 9.17) is 0 Å². The SMILES string of the molecule is COC(=O)c1cc(NC(C)=O)c([N+](=O)[O-])cc1C(=O)OC. The Morgan fingerprint density at radius 3 is 1.95 bits per heavy atom. The zero-order valence-corrected chi connectivity index (χ0v) is 11.5. The highest BCUT2D eigenvalue weighted by molar-refractivity contribution is 6.06. The van der Waals surface area contributed by atoms with Crippen LogP contribution >= 0.6 is 0 Å². The fourth-order valence-corrected chi connectivity index (χ4v) is 1.59. The van der Waals surface area contributed by atoms with Gasteiger partial charge in [0.05, 0.1) is 30.3 Å². The number of ether oxygens (including phenoxy) is 2. The summed E-state index contributed by atoms with van der Waals surface area (Å²) in [5.41, 5.74) is -1.34. The van der Waals surface area contributed by atoms with E-state index in [2.05, 4.69) is 14.8 Å². The number of esters is 2. The van der Waals surface area contributed by atoms with Crippen LogP contribution in [-0.4, -0.2) is 37.0 Å². The van der Waals surface area contributed by atoms with E-state index in [1.165, 1.54) is 0 Å². The summed E-state index contributed by atoms with van der Waals surface area (Å²) in [4.78, 5) is 44.6. The molecule has 0 saturated carbocycles. The molecule has 1 N–H and O–H groups in total. The fraction of sp³-hybridized carbons (Fsp3) is 0.250. The summed E-state index contributed by atoms with van der Waals surface area (Å²) >= 11 is 0. The number of hydrogen-bond donors (Lipinski definition) is 1. The van der Waals surface area contributed by atoms with Gasteiger partial charge in [0.15, 0.2) is 0 Å². The number of carbonyl (C=O) groups is 3. The Balaban J connectivity index is 3.60. The van der Waals surface area contributed by atoms with E-state index in [0.29, 0.717) is 0 Å². The lowest BCUT2D eigenvalue weighted by Crippen LogP contribution is -2.15. The zero-order chi connectivity index (χ0) is 16.2. The Morgan fingerprint density at radius 2 is 1.57 bits per heavy atom. The van der Waals surface area contributed by atoms with Gasteiger partial charge in [0.1, 0.15) is 5.69 Å². The topological polar surface area (TPSA) is 125 Å². The summed E-state index contributed by atoms with van der Waals surface area (Å²) in [5, 5.41) is 13.2. The van der Waals surface area contributed by atoms with Gasteiger partial charge in [-0.2, -0.15) is 0 Å². The van der Waals surface area contributed by atoms with E-state index in [1.54, 1.807) is 0 Å². The van der Waals surface area contributed by atoms with Crippen LogP contribution in [0.4, 0.5) is 11.4 Å². The van der Waals surface area contributed by atoms with Gasteiger partial charge in [-0.05, 0) is 6.07 Å². The van der Waals surface area contributed by atoms with Crippen LogP contribution < -0.4 is 5.32 Å². The molecule has 0 spiro atoms.